The van der Waals surface area contributed by atoms with Crippen molar-refractivity contribution in [2.75, 3.05) is 18.8 Å². The lowest BCUT2D eigenvalue weighted by Gasteiger charge is -2.31. The maximum Gasteiger partial charge on any atom is 0.289 e. The highest BCUT2D eigenvalue weighted by Gasteiger charge is 2.28. The van der Waals surface area contributed by atoms with E-state index in [0.717, 1.165) is 17.1 Å². The Labute approximate surface area is 220 Å². The molecule has 3 amide bonds. The van der Waals surface area contributed by atoms with Crippen molar-refractivity contribution < 1.29 is 23.2 Å². The normalized spacial score (nSPS) is 13.7. The summed E-state index contributed by atoms with van der Waals surface area (Å²) in [4.78, 5) is 48.1. The molecular formula is C25H23F2N5O3S2. The lowest BCUT2D eigenvalue weighted by atomic mass is 9.97. The van der Waals surface area contributed by atoms with Gasteiger partial charge in [-0.1, -0.05) is 6.08 Å². The van der Waals surface area contributed by atoms with E-state index in [4.69, 9.17) is 0 Å². The number of piperidine rings is 1. The van der Waals surface area contributed by atoms with Gasteiger partial charge in [-0.05, 0) is 37.1 Å². The standard InChI is InChI=1S/C25H23F2N5O3S2/c1-2-12-36-24-18(4-3-9-28-24)25(35)32-10-7-15(8-11-32)23-29-20(14-37-23)22(34)31-30-21(33)17-6-5-16(26)13-19(17)27/h2-6,9,13-15H,1,7-8,10-12H2,(H,30,33)(H,31,34). The molecule has 3 aromatic rings. The van der Waals surface area contributed by atoms with Crippen molar-refractivity contribution in [3.8, 4) is 0 Å². The quantitative estimate of drug-likeness (QED) is 0.263. The minimum absolute atomic E-state index is 0.0642. The zero-order valence-electron chi connectivity index (χ0n) is 19.6. The average Bonchev–Trinajstić information content (AvgIpc) is 3.41. The van der Waals surface area contributed by atoms with E-state index in [9.17, 15) is 23.2 Å². The number of carbonyl (C=O) groups is 3. The second kappa shape index (κ2) is 12.1. The number of benzene rings is 1. The molecule has 3 heterocycles. The van der Waals surface area contributed by atoms with Crippen molar-refractivity contribution in [2.45, 2.75) is 23.8 Å². The minimum Gasteiger partial charge on any atom is -0.339 e. The summed E-state index contributed by atoms with van der Waals surface area (Å²) in [7, 11) is 0. The number of thiazole rings is 1. The Kier molecular flexibility index (Phi) is 8.62. The number of hydrogen-bond donors (Lipinski definition) is 2. The van der Waals surface area contributed by atoms with Crippen molar-refractivity contribution >= 4 is 40.8 Å². The SMILES string of the molecule is C=CCSc1ncccc1C(=O)N1CCC(c2nc(C(=O)NNC(=O)c3ccc(F)cc3F)cs2)CC1. The monoisotopic (exact) mass is 543 g/mol. The van der Waals surface area contributed by atoms with Gasteiger partial charge in [0.1, 0.15) is 22.4 Å². The molecule has 0 atom stereocenters. The molecule has 2 N–H and O–H groups in total. The predicted octanol–water partition coefficient (Wildman–Crippen LogP) is 4.19. The number of rotatable bonds is 7. The van der Waals surface area contributed by atoms with Crippen molar-refractivity contribution in [3.63, 3.8) is 0 Å². The number of thioether (sulfide) groups is 1. The molecule has 2 aromatic heterocycles. The smallest absolute Gasteiger partial charge is 0.289 e. The molecule has 0 radical (unpaired) electrons. The van der Waals surface area contributed by atoms with E-state index < -0.39 is 29.0 Å². The predicted molar refractivity (Wildman–Crippen MR) is 136 cm³/mol. The number of carbonyl (C=O) groups excluding carboxylic acids is 3. The summed E-state index contributed by atoms with van der Waals surface area (Å²) in [5, 5.41) is 3.02. The van der Waals surface area contributed by atoms with Gasteiger partial charge in [0.2, 0.25) is 0 Å². The van der Waals surface area contributed by atoms with Gasteiger partial charge in [0.15, 0.2) is 0 Å². The average molecular weight is 544 g/mol. The fourth-order valence-electron chi connectivity index (χ4n) is 3.80. The third-order valence-electron chi connectivity index (χ3n) is 5.69. The number of aromatic nitrogens is 2. The summed E-state index contributed by atoms with van der Waals surface area (Å²) >= 11 is 2.79. The number of amides is 3. The van der Waals surface area contributed by atoms with Crippen LogP contribution in [0.5, 0.6) is 0 Å². The van der Waals surface area contributed by atoms with Crippen LogP contribution in [0.3, 0.4) is 0 Å². The van der Waals surface area contributed by atoms with Crippen LogP contribution in [0.15, 0.2) is 59.6 Å². The lowest BCUT2D eigenvalue weighted by Crippen LogP contribution is -2.42. The molecule has 1 saturated heterocycles. The van der Waals surface area contributed by atoms with Crippen LogP contribution in [-0.2, 0) is 0 Å². The van der Waals surface area contributed by atoms with Crippen LogP contribution in [0.25, 0.3) is 0 Å². The largest absolute Gasteiger partial charge is 0.339 e. The minimum atomic E-state index is -1.04. The number of nitrogens with zero attached hydrogens (tertiary/aromatic N) is 3. The Bertz CT molecular complexity index is 1330. The van der Waals surface area contributed by atoms with Crippen molar-refractivity contribution in [1.82, 2.24) is 25.7 Å². The van der Waals surface area contributed by atoms with E-state index >= 15 is 0 Å². The fraction of sp³-hybridized carbons (Fsp3) is 0.240. The van der Waals surface area contributed by atoms with E-state index in [-0.39, 0.29) is 17.5 Å². The zero-order valence-corrected chi connectivity index (χ0v) is 21.2. The first-order valence-corrected chi connectivity index (χ1v) is 13.2. The van der Waals surface area contributed by atoms with Gasteiger partial charge in [0.25, 0.3) is 17.7 Å². The number of hydrogen-bond acceptors (Lipinski definition) is 7. The molecule has 12 heteroatoms. The molecule has 8 nitrogen and oxygen atoms in total. The molecule has 0 aliphatic carbocycles. The summed E-state index contributed by atoms with van der Waals surface area (Å²) < 4.78 is 26.8. The summed E-state index contributed by atoms with van der Waals surface area (Å²) in [6, 6.07) is 6.04. The summed E-state index contributed by atoms with van der Waals surface area (Å²) in [5.74, 6) is -2.75. The van der Waals surface area contributed by atoms with Gasteiger partial charge in [-0.2, -0.15) is 0 Å². The van der Waals surface area contributed by atoms with E-state index in [0.29, 0.717) is 48.3 Å². The third-order valence-corrected chi connectivity index (χ3v) is 7.70. The lowest BCUT2D eigenvalue weighted by molar-refractivity contribution is 0.0708. The van der Waals surface area contributed by atoms with Crippen molar-refractivity contribution in [2.24, 2.45) is 0 Å². The number of hydrazine groups is 1. The first-order valence-electron chi connectivity index (χ1n) is 11.4. The van der Waals surface area contributed by atoms with E-state index in [1.807, 2.05) is 0 Å². The van der Waals surface area contributed by atoms with Gasteiger partial charge in [-0.15, -0.1) is 29.7 Å². The Hall–Kier alpha value is -3.64. The third kappa shape index (κ3) is 6.38. The second-order valence-electron chi connectivity index (χ2n) is 8.13. The molecule has 37 heavy (non-hydrogen) atoms. The van der Waals surface area contributed by atoms with Crippen LogP contribution < -0.4 is 10.9 Å². The highest BCUT2D eigenvalue weighted by molar-refractivity contribution is 7.99. The molecule has 0 bridgehead atoms. The maximum absolute atomic E-state index is 13.7. The highest BCUT2D eigenvalue weighted by atomic mass is 32.2. The van der Waals surface area contributed by atoms with Crippen molar-refractivity contribution in [1.29, 1.82) is 0 Å². The molecule has 1 fully saturated rings. The van der Waals surface area contributed by atoms with Crippen LogP contribution in [-0.4, -0.2) is 51.4 Å². The van der Waals surface area contributed by atoms with Crippen molar-refractivity contribution in [3.05, 3.63) is 88.0 Å². The van der Waals surface area contributed by atoms with E-state index in [1.54, 1.807) is 34.7 Å². The maximum atomic E-state index is 13.7. The molecule has 192 valence electrons. The first kappa shape index (κ1) is 26.4. The Morgan fingerprint density at radius 3 is 2.62 bits per heavy atom. The van der Waals surface area contributed by atoms with Gasteiger partial charge in [0, 0.05) is 42.4 Å². The molecule has 0 spiro atoms. The summed E-state index contributed by atoms with van der Waals surface area (Å²) in [5.41, 5.74) is 4.58. The first-order chi connectivity index (χ1) is 17.9. The van der Waals surface area contributed by atoms with Crippen LogP contribution >= 0.6 is 23.1 Å². The fourth-order valence-corrected chi connectivity index (χ4v) is 5.50. The molecule has 4 rings (SSSR count). The second-order valence-corrected chi connectivity index (χ2v) is 10.0. The molecule has 1 aliphatic rings. The zero-order chi connectivity index (χ0) is 26.4. The van der Waals surface area contributed by atoms with Crippen LogP contribution in [0.2, 0.25) is 0 Å². The number of halogens is 2. The summed E-state index contributed by atoms with van der Waals surface area (Å²) in [6.07, 6.45) is 4.81. The van der Waals surface area contributed by atoms with Gasteiger partial charge < -0.3 is 4.90 Å². The number of nitrogens with one attached hydrogen (secondary N) is 2. The number of pyridine rings is 1. The Morgan fingerprint density at radius 2 is 1.89 bits per heavy atom. The molecule has 0 unspecified atom stereocenters. The topological polar surface area (TPSA) is 104 Å². The van der Waals surface area contributed by atoms with Gasteiger partial charge in [-0.3, -0.25) is 25.2 Å². The van der Waals surface area contributed by atoms with Gasteiger partial charge in [-0.25, -0.2) is 18.7 Å². The van der Waals surface area contributed by atoms with Gasteiger partial charge in [0.05, 0.1) is 16.1 Å². The van der Waals surface area contributed by atoms with E-state index in [2.05, 4.69) is 27.4 Å². The van der Waals surface area contributed by atoms with Gasteiger partial charge >= 0.3 is 0 Å². The molecule has 0 saturated carbocycles. The molecular weight excluding hydrogens is 520 g/mol. The highest BCUT2D eigenvalue weighted by Crippen LogP contribution is 2.31. The van der Waals surface area contributed by atoms with E-state index in [1.165, 1.54) is 23.1 Å². The summed E-state index contributed by atoms with van der Waals surface area (Å²) in [6.45, 7) is 4.80. The molecule has 1 aromatic carbocycles. The van der Waals surface area contributed by atoms with Crippen LogP contribution in [0, 0.1) is 11.6 Å². The Morgan fingerprint density at radius 1 is 1.14 bits per heavy atom. The Balaban J connectivity index is 1.31. The van der Waals surface area contributed by atoms with Crippen LogP contribution in [0.4, 0.5) is 8.78 Å². The molecule has 1 aliphatic heterocycles. The van der Waals surface area contributed by atoms with Crippen LogP contribution in [0.1, 0.15) is 55.0 Å². The number of likely N-dealkylation sites (tertiary alicyclic amines) is 1.